The number of aromatic nitrogens is 2. The lowest BCUT2D eigenvalue weighted by Gasteiger charge is -2.31. The van der Waals surface area contributed by atoms with Crippen LogP contribution in [-0.4, -0.2) is 74.0 Å². The van der Waals surface area contributed by atoms with E-state index in [4.69, 9.17) is 9.90 Å². The number of fused-ring (bicyclic) bond motifs is 10. The minimum Gasteiger partial charge on any atom is -0.475 e. The van der Waals surface area contributed by atoms with Crippen LogP contribution in [0.4, 0.5) is 13.2 Å². The predicted molar refractivity (Wildman–Crippen MR) is 207 cm³/mol. The van der Waals surface area contributed by atoms with Gasteiger partial charge in [0.15, 0.2) is 11.4 Å². The molecule has 2 saturated heterocycles. The fourth-order valence-electron chi connectivity index (χ4n) is 11.0. The van der Waals surface area contributed by atoms with Crippen LogP contribution in [0.25, 0.3) is 0 Å². The zero-order valence-corrected chi connectivity index (χ0v) is 32.3. The van der Waals surface area contributed by atoms with Gasteiger partial charge in [-0.15, -0.1) is 0 Å². The Labute approximate surface area is 332 Å². The summed E-state index contributed by atoms with van der Waals surface area (Å²) in [6, 6.07) is 20.7. The summed E-state index contributed by atoms with van der Waals surface area (Å²) in [6.07, 6.45) is 14.0. The van der Waals surface area contributed by atoms with E-state index in [2.05, 4.69) is 78.9 Å². The molecule has 9 rings (SSSR count). The van der Waals surface area contributed by atoms with Crippen molar-refractivity contribution in [3.63, 3.8) is 0 Å². The Morgan fingerprint density at radius 1 is 0.579 bits per heavy atom. The van der Waals surface area contributed by atoms with E-state index in [0.29, 0.717) is 36.0 Å². The third kappa shape index (κ3) is 8.46. The van der Waals surface area contributed by atoms with Crippen LogP contribution in [0.2, 0.25) is 0 Å². The molecule has 0 radical (unpaired) electrons. The van der Waals surface area contributed by atoms with Crippen molar-refractivity contribution in [1.29, 1.82) is 0 Å². The molecule has 3 N–H and O–H groups in total. The second-order valence-electron chi connectivity index (χ2n) is 17.0. The highest BCUT2D eigenvalue weighted by atomic mass is 19.4. The molecule has 3 aromatic rings. The molecule has 2 amide bonds. The second-order valence-corrected chi connectivity index (χ2v) is 17.0. The highest BCUT2D eigenvalue weighted by Gasteiger charge is 2.44. The average Bonchev–Trinajstić information content (AvgIpc) is 3.98. The Balaban J connectivity index is 0.000000598. The van der Waals surface area contributed by atoms with Crippen LogP contribution in [0.1, 0.15) is 157 Å². The minimum atomic E-state index is -5.08. The number of carboxylic acids is 1. The van der Waals surface area contributed by atoms with Gasteiger partial charge in [0.05, 0.1) is 0 Å². The topological polar surface area (TPSA) is 128 Å². The smallest absolute Gasteiger partial charge is 0.475 e. The van der Waals surface area contributed by atoms with Crippen LogP contribution < -0.4 is 10.6 Å². The lowest BCUT2D eigenvalue weighted by molar-refractivity contribution is -0.192. The SMILES string of the molecule is O=C(N[C@H]1CC[C@H](CCN2[C@@H]3CC[C@H]2c2ccccc23)CC1)c1nccnc1C(=O)N[C@H]1CC[C@H](CCN2[C@@H]3CC[C@H]2c2ccccc23)CC1.O=C(O)C(F)(F)F. The van der Waals surface area contributed by atoms with Gasteiger partial charge in [-0.1, -0.05) is 48.5 Å². The summed E-state index contributed by atoms with van der Waals surface area (Å²) < 4.78 is 31.7. The first-order chi connectivity index (χ1) is 27.5. The van der Waals surface area contributed by atoms with Gasteiger partial charge in [-0.25, -0.2) is 14.8 Å². The van der Waals surface area contributed by atoms with Crippen molar-refractivity contribution in [2.24, 2.45) is 11.8 Å². The molecule has 10 nitrogen and oxygen atoms in total. The summed E-state index contributed by atoms with van der Waals surface area (Å²) in [6.45, 7) is 2.33. The highest BCUT2D eigenvalue weighted by Crippen LogP contribution is 2.54. The number of nitrogens with one attached hydrogen (secondary N) is 2. The van der Waals surface area contributed by atoms with Gasteiger partial charge in [0.2, 0.25) is 0 Å². The zero-order chi connectivity index (χ0) is 39.7. The Morgan fingerprint density at radius 3 is 1.19 bits per heavy atom. The maximum Gasteiger partial charge on any atom is 0.490 e. The van der Waals surface area contributed by atoms with Crippen LogP contribution >= 0.6 is 0 Å². The Bertz CT molecular complexity index is 1740. The first kappa shape index (κ1) is 39.5. The average molecular weight is 787 g/mol. The van der Waals surface area contributed by atoms with Crippen molar-refractivity contribution in [3.8, 4) is 0 Å². The Morgan fingerprint density at radius 2 is 0.895 bits per heavy atom. The molecule has 4 fully saturated rings. The number of amides is 2. The van der Waals surface area contributed by atoms with Gasteiger partial charge in [0.25, 0.3) is 11.8 Å². The summed E-state index contributed by atoms with van der Waals surface area (Å²) in [5.41, 5.74) is 6.52. The minimum absolute atomic E-state index is 0.115. The van der Waals surface area contributed by atoms with Crippen LogP contribution in [0.15, 0.2) is 60.9 Å². The number of rotatable bonds is 10. The summed E-state index contributed by atoms with van der Waals surface area (Å²) in [4.78, 5) is 50.0. The molecular formula is C44H53F3N6O4. The van der Waals surface area contributed by atoms with E-state index in [9.17, 15) is 22.8 Å². The summed E-state index contributed by atoms with van der Waals surface area (Å²) >= 11 is 0. The largest absolute Gasteiger partial charge is 0.490 e. The monoisotopic (exact) mass is 786 g/mol. The van der Waals surface area contributed by atoms with Gasteiger partial charge in [0.1, 0.15) is 0 Å². The molecule has 2 aliphatic carbocycles. The van der Waals surface area contributed by atoms with Crippen molar-refractivity contribution in [2.45, 2.75) is 132 Å². The van der Waals surface area contributed by atoms with E-state index < -0.39 is 12.1 Å². The van der Waals surface area contributed by atoms with Crippen LogP contribution in [0.3, 0.4) is 0 Å². The molecule has 2 aromatic carbocycles. The van der Waals surface area contributed by atoms with Gasteiger partial charge in [-0.3, -0.25) is 19.4 Å². The van der Waals surface area contributed by atoms with E-state index in [1.807, 2.05) is 0 Å². The highest BCUT2D eigenvalue weighted by molar-refractivity contribution is 6.04. The van der Waals surface area contributed by atoms with Crippen molar-refractivity contribution in [2.75, 3.05) is 13.1 Å². The number of aliphatic carboxylic acids is 1. The third-order valence-electron chi connectivity index (χ3n) is 13.8. The number of alkyl halides is 3. The van der Waals surface area contributed by atoms with Gasteiger partial charge in [-0.05, 0) is 137 Å². The molecule has 6 aliphatic rings. The van der Waals surface area contributed by atoms with E-state index in [0.717, 1.165) is 51.4 Å². The van der Waals surface area contributed by atoms with E-state index >= 15 is 0 Å². The summed E-state index contributed by atoms with van der Waals surface area (Å²) in [7, 11) is 0. The van der Waals surface area contributed by atoms with Crippen LogP contribution in [0, 0.1) is 11.8 Å². The number of carbonyl (C=O) groups excluding carboxylic acids is 2. The lowest BCUT2D eigenvalue weighted by atomic mass is 9.83. The zero-order valence-electron chi connectivity index (χ0n) is 32.3. The molecule has 2 saturated carbocycles. The molecular weight excluding hydrogens is 734 g/mol. The molecule has 4 bridgehead atoms. The van der Waals surface area contributed by atoms with Crippen molar-refractivity contribution < 1.29 is 32.7 Å². The van der Waals surface area contributed by atoms with E-state index in [1.165, 1.54) is 64.0 Å². The van der Waals surface area contributed by atoms with Crippen molar-refractivity contribution >= 4 is 17.8 Å². The third-order valence-corrected chi connectivity index (χ3v) is 13.8. The molecule has 1 aromatic heterocycles. The number of carbonyl (C=O) groups is 3. The molecule has 0 unspecified atom stereocenters. The van der Waals surface area contributed by atoms with Gasteiger partial charge < -0.3 is 15.7 Å². The molecule has 4 atom stereocenters. The van der Waals surface area contributed by atoms with Crippen LogP contribution in [0.5, 0.6) is 0 Å². The first-order valence-corrected chi connectivity index (χ1v) is 21.0. The summed E-state index contributed by atoms with van der Waals surface area (Å²) in [5.74, 6) is -1.91. The fourth-order valence-corrected chi connectivity index (χ4v) is 11.0. The normalized spacial score (nSPS) is 28.9. The Hall–Kier alpha value is -4.36. The van der Waals surface area contributed by atoms with Crippen molar-refractivity contribution in [1.82, 2.24) is 30.4 Å². The molecule has 304 valence electrons. The standard InChI is InChI=1S/C42H52N6O2.C2HF3O2/c49-41(45-29-13-9-27(10-14-29)21-25-47-35-17-18-36(47)32-6-2-1-5-31(32)35)39-40(44-24-23-43-39)42(50)46-30-15-11-28(12-16-30)22-26-48-37-19-20-38(48)34-8-4-3-7-33(34)37;3-2(4,5)1(6)7/h1-8,23-24,27-30,35-38H,9-22,25-26H2,(H,45,49)(H,46,50);(H,6,7)/t27-,28-,29-,30-,35-,36+,37-,38+;. The molecule has 5 heterocycles. The van der Waals surface area contributed by atoms with Crippen LogP contribution in [-0.2, 0) is 4.79 Å². The number of hydrogen-bond donors (Lipinski definition) is 3. The number of nitrogens with zero attached hydrogens (tertiary/aromatic N) is 4. The maximum atomic E-state index is 13.4. The Kier molecular flexibility index (Phi) is 11.7. The quantitative estimate of drug-likeness (QED) is 0.188. The number of hydrogen-bond acceptors (Lipinski definition) is 7. The van der Waals surface area contributed by atoms with Gasteiger partial charge in [-0.2, -0.15) is 13.2 Å². The number of halogens is 3. The molecule has 0 spiro atoms. The maximum absolute atomic E-state index is 13.4. The molecule has 13 heteroatoms. The first-order valence-electron chi connectivity index (χ1n) is 21.0. The van der Waals surface area contributed by atoms with E-state index in [1.54, 1.807) is 22.3 Å². The fraction of sp³-hybridized carbons (Fsp3) is 0.568. The molecule has 4 aliphatic heterocycles. The molecule has 57 heavy (non-hydrogen) atoms. The number of carboxylic acid groups (broad SMARTS) is 1. The van der Waals surface area contributed by atoms with Crippen molar-refractivity contribution in [3.05, 3.63) is 94.6 Å². The predicted octanol–water partition coefficient (Wildman–Crippen LogP) is 8.25. The lowest BCUT2D eigenvalue weighted by Crippen LogP contribution is -2.41. The van der Waals surface area contributed by atoms with E-state index in [-0.39, 0.29) is 35.3 Å². The number of benzene rings is 2. The van der Waals surface area contributed by atoms with Gasteiger partial charge >= 0.3 is 12.1 Å². The second kappa shape index (κ2) is 16.9. The van der Waals surface area contributed by atoms with Gasteiger partial charge in [0, 0.05) is 48.6 Å². The summed E-state index contributed by atoms with van der Waals surface area (Å²) in [5, 5.41) is 13.5.